The number of carbonyl (C=O) groups excluding carboxylic acids is 1. The molecule has 140 valence electrons. The van der Waals surface area contributed by atoms with E-state index in [0.717, 1.165) is 30.4 Å². The molecule has 0 spiro atoms. The second-order valence-corrected chi connectivity index (χ2v) is 6.73. The summed E-state index contributed by atoms with van der Waals surface area (Å²) in [7, 11) is 0. The molecule has 2 aromatic rings. The number of ether oxygens (including phenoxy) is 1. The van der Waals surface area contributed by atoms with Crippen molar-refractivity contribution in [1.29, 1.82) is 0 Å². The molecule has 26 heavy (non-hydrogen) atoms. The molecule has 1 aromatic carbocycles. The van der Waals surface area contributed by atoms with Gasteiger partial charge in [0, 0.05) is 12.1 Å². The number of benzene rings is 1. The van der Waals surface area contributed by atoms with Gasteiger partial charge in [-0.3, -0.25) is 9.69 Å². The Hall–Kier alpha value is -2.27. The fraction of sp³-hybridized carbons (Fsp3) is 0.476. The van der Waals surface area contributed by atoms with Crippen molar-refractivity contribution in [3.63, 3.8) is 0 Å². The smallest absolute Gasteiger partial charge is 0.251 e. The second-order valence-electron chi connectivity index (χ2n) is 6.73. The Balaban J connectivity index is 1.65. The summed E-state index contributed by atoms with van der Waals surface area (Å²) < 4.78 is 11.3. The first-order valence-corrected chi connectivity index (χ1v) is 9.49. The van der Waals surface area contributed by atoms with E-state index in [1.807, 2.05) is 38.1 Å². The topological polar surface area (TPSA) is 54.7 Å². The average Bonchev–Trinajstić information content (AvgIpc) is 3.09. The third kappa shape index (κ3) is 4.67. The Labute approximate surface area is 155 Å². The summed E-state index contributed by atoms with van der Waals surface area (Å²) in [6.07, 6.45) is 3.67. The maximum Gasteiger partial charge on any atom is 0.251 e. The summed E-state index contributed by atoms with van der Waals surface area (Å²) in [5.41, 5.74) is 0.640. The van der Waals surface area contributed by atoms with Gasteiger partial charge in [0.25, 0.3) is 5.91 Å². The normalized spacial score (nSPS) is 16.2. The molecule has 1 amide bonds. The lowest BCUT2D eigenvalue weighted by molar-refractivity contribution is 0.0913. The van der Waals surface area contributed by atoms with E-state index < -0.39 is 0 Å². The number of nitrogens with one attached hydrogen (secondary N) is 1. The first kappa shape index (κ1) is 18.5. The highest BCUT2D eigenvalue weighted by Gasteiger charge is 2.25. The number of likely N-dealkylation sites (tertiary alicyclic amines) is 1. The number of amides is 1. The number of hydrogen-bond acceptors (Lipinski definition) is 4. The molecule has 1 atom stereocenters. The molecule has 2 heterocycles. The zero-order valence-corrected chi connectivity index (χ0v) is 15.7. The molecular formula is C21H28N2O3. The molecule has 0 bridgehead atoms. The minimum absolute atomic E-state index is 0.0710. The van der Waals surface area contributed by atoms with Gasteiger partial charge in [0.15, 0.2) is 0 Å². The highest BCUT2D eigenvalue weighted by Crippen LogP contribution is 2.26. The Bertz CT molecular complexity index is 702. The molecule has 1 aliphatic heterocycles. The molecular weight excluding hydrogens is 328 g/mol. The largest absolute Gasteiger partial charge is 0.494 e. The number of furan rings is 1. The maximum absolute atomic E-state index is 12.5. The van der Waals surface area contributed by atoms with Crippen molar-refractivity contribution in [3.8, 4) is 5.75 Å². The molecule has 1 saturated heterocycles. The van der Waals surface area contributed by atoms with E-state index in [1.165, 1.54) is 19.3 Å². The van der Waals surface area contributed by atoms with Gasteiger partial charge in [-0.2, -0.15) is 0 Å². The third-order valence-electron chi connectivity index (χ3n) is 4.80. The molecule has 1 aliphatic rings. The minimum Gasteiger partial charge on any atom is -0.494 e. The van der Waals surface area contributed by atoms with Crippen molar-refractivity contribution in [3.05, 3.63) is 53.5 Å². The summed E-state index contributed by atoms with van der Waals surface area (Å²) in [4.78, 5) is 15.0. The zero-order valence-electron chi connectivity index (χ0n) is 15.7. The van der Waals surface area contributed by atoms with E-state index in [-0.39, 0.29) is 11.9 Å². The zero-order chi connectivity index (χ0) is 18.4. The van der Waals surface area contributed by atoms with Crippen LogP contribution in [-0.2, 0) is 0 Å². The molecule has 5 heteroatoms. The summed E-state index contributed by atoms with van der Waals surface area (Å²) in [6, 6.07) is 11.3. The van der Waals surface area contributed by atoms with Crippen LogP contribution in [-0.4, -0.2) is 37.0 Å². The summed E-state index contributed by atoms with van der Waals surface area (Å²) in [5.74, 6) is 2.54. The van der Waals surface area contributed by atoms with Crippen molar-refractivity contribution in [2.75, 3.05) is 26.2 Å². The van der Waals surface area contributed by atoms with Gasteiger partial charge >= 0.3 is 0 Å². The number of aryl methyl sites for hydroxylation is 1. The number of carbonyl (C=O) groups is 1. The lowest BCUT2D eigenvalue weighted by atomic mass is 10.1. The molecule has 0 saturated carbocycles. The first-order chi connectivity index (χ1) is 12.7. The standard InChI is InChI=1S/C21H28N2O3/c1-3-25-18-10-8-17(9-11-18)21(24)22-15-19(20-12-7-16(2)26-20)23-13-5-4-6-14-23/h7-12,19H,3-6,13-15H2,1-2H3,(H,22,24)/t19-/m1/s1. The van der Waals surface area contributed by atoms with E-state index in [4.69, 9.17) is 9.15 Å². The fourth-order valence-corrected chi connectivity index (χ4v) is 3.43. The van der Waals surface area contributed by atoms with Crippen LogP contribution in [0.4, 0.5) is 0 Å². The van der Waals surface area contributed by atoms with Crippen molar-refractivity contribution < 1.29 is 13.9 Å². The van der Waals surface area contributed by atoms with Gasteiger partial charge in [-0.15, -0.1) is 0 Å². The summed E-state index contributed by atoms with van der Waals surface area (Å²) in [6.45, 7) is 7.14. The van der Waals surface area contributed by atoms with E-state index in [0.29, 0.717) is 18.7 Å². The lowest BCUT2D eigenvalue weighted by Crippen LogP contribution is -2.40. The Kier molecular flexibility index (Phi) is 6.34. The Morgan fingerprint density at radius 1 is 1.15 bits per heavy atom. The number of rotatable bonds is 7. The van der Waals surface area contributed by atoms with Gasteiger partial charge in [-0.1, -0.05) is 6.42 Å². The third-order valence-corrected chi connectivity index (χ3v) is 4.80. The first-order valence-electron chi connectivity index (χ1n) is 9.49. The molecule has 0 radical (unpaired) electrons. The molecule has 1 aromatic heterocycles. The fourth-order valence-electron chi connectivity index (χ4n) is 3.43. The molecule has 1 N–H and O–H groups in total. The summed E-state index contributed by atoms with van der Waals surface area (Å²) >= 11 is 0. The van der Waals surface area contributed by atoms with Crippen molar-refractivity contribution in [2.24, 2.45) is 0 Å². The Morgan fingerprint density at radius 2 is 1.88 bits per heavy atom. The van der Waals surface area contributed by atoms with Crippen LogP contribution in [0.1, 0.15) is 54.1 Å². The maximum atomic E-state index is 12.5. The highest BCUT2D eigenvalue weighted by molar-refractivity contribution is 5.94. The van der Waals surface area contributed by atoms with Crippen LogP contribution in [0.15, 0.2) is 40.8 Å². The van der Waals surface area contributed by atoms with Crippen LogP contribution in [0.5, 0.6) is 5.75 Å². The molecule has 1 fully saturated rings. The monoisotopic (exact) mass is 356 g/mol. The van der Waals surface area contributed by atoms with E-state index in [9.17, 15) is 4.79 Å². The van der Waals surface area contributed by atoms with E-state index in [2.05, 4.69) is 10.2 Å². The predicted molar refractivity (Wildman–Crippen MR) is 102 cm³/mol. The van der Waals surface area contributed by atoms with Crippen LogP contribution in [0.3, 0.4) is 0 Å². The van der Waals surface area contributed by atoms with Crippen LogP contribution < -0.4 is 10.1 Å². The van der Waals surface area contributed by atoms with Gasteiger partial charge < -0.3 is 14.5 Å². The van der Waals surface area contributed by atoms with Gasteiger partial charge in [-0.25, -0.2) is 0 Å². The van der Waals surface area contributed by atoms with Gasteiger partial charge in [0.1, 0.15) is 17.3 Å². The van der Waals surface area contributed by atoms with Crippen molar-refractivity contribution >= 4 is 5.91 Å². The minimum atomic E-state index is -0.0710. The average molecular weight is 356 g/mol. The van der Waals surface area contributed by atoms with E-state index in [1.54, 1.807) is 12.1 Å². The van der Waals surface area contributed by atoms with Crippen LogP contribution in [0, 0.1) is 6.92 Å². The number of piperidine rings is 1. The van der Waals surface area contributed by atoms with Crippen molar-refractivity contribution in [1.82, 2.24) is 10.2 Å². The number of nitrogens with zero attached hydrogens (tertiary/aromatic N) is 1. The predicted octanol–water partition coefficient (Wildman–Crippen LogP) is 3.94. The Morgan fingerprint density at radius 3 is 2.50 bits per heavy atom. The second kappa shape index (κ2) is 8.90. The van der Waals surface area contributed by atoms with E-state index >= 15 is 0 Å². The van der Waals surface area contributed by atoms with Crippen LogP contribution in [0.25, 0.3) is 0 Å². The molecule has 0 aliphatic carbocycles. The molecule has 0 unspecified atom stereocenters. The van der Waals surface area contributed by atoms with Gasteiger partial charge in [-0.05, 0) is 76.2 Å². The highest BCUT2D eigenvalue weighted by atomic mass is 16.5. The SMILES string of the molecule is CCOc1ccc(C(=O)NC[C@H](c2ccc(C)o2)N2CCCCC2)cc1. The number of hydrogen-bond donors (Lipinski definition) is 1. The van der Waals surface area contributed by atoms with Gasteiger partial charge in [0.2, 0.25) is 0 Å². The van der Waals surface area contributed by atoms with Crippen LogP contribution in [0.2, 0.25) is 0 Å². The summed E-state index contributed by atoms with van der Waals surface area (Å²) in [5, 5.41) is 3.07. The molecule has 5 nitrogen and oxygen atoms in total. The van der Waals surface area contributed by atoms with Crippen LogP contribution >= 0.6 is 0 Å². The van der Waals surface area contributed by atoms with Crippen molar-refractivity contribution in [2.45, 2.75) is 39.2 Å². The molecule has 3 rings (SSSR count). The lowest BCUT2D eigenvalue weighted by Gasteiger charge is -2.33. The van der Waals surface area contributed by atoms with Gasteiger partial charge in [0.05, 0.1) is 12.6 Å². The quantitative estimate of drug-likeness (QED) is 0.816.